The van der Waals surface area contributed by atoms with Crippen LogP contribution in [0.1, 0.15) is 19.8 Å². The summed E-state index contributed by atoms with van der Waals surface area (Å²) in [5, 5.41) is 1.94. The molecule has 0 atom stereocenters. The molecule has 27 heavy (non-hydrogen) atoms. The van der Waals surface area contributed by atoms with E-state index in [1.54, 1.807) is 11.8 Å². The highest BCUT2D eigenvalue weighted by molar-refractivity contribution is 9.10. The molecule has 6 heteroatoms. The minimum atomic E-state index is -0.146. The van der Waals surface area contributed by atoms with E-state index in [1.807, 2.05) is 31.2 Å². The minimum absolute atomic E-state index is 0.146. The molecular weight excluding hydrogens is 446 g/mol. The number of aryl methyl sites for hydroxylation is 1. The third kappa shape index (κ3) is 4.36. The molecule has 0 unspecified atom stereocenters. The van der Waals surface area contributed by atoms with Crippen molar-refractivity contribution in [3.63, 3.8) is 0 Å². The number of aromatic nitrogens is 1. The van der Waals surface area contributed by atoms with Gasteiger partial charge in [-0.3, -0.25) is 4.79 Å². The number of thioether (sulfide) groups is 1. The largest absolute Gasteiger partial charge is 0.466 e. The lowest BCUT2D eigenvalue weighted by Gasteiger charge is -2.08. The normalized spacial score (nSPS) is 11.1. The summed E-state index contributed by atoms with van der Waals surface area (Å²) in [6.07, 6.45) is 3.23. The van der Waals surface area contributed by atoms with Gasteiger partial charge in [-0.1, -0.05) is 29.8 Å². The summed E-state index contributed by atoms with van der Waals surface area (Å²) in [6.45, 7) is 2.99. The third-order valence-corrected chi connectivity index (χ3v) is 6.27. The first-order valence-corrected chi connectivity index (χ1v) is 11.2. The molecule has 0 fully saturated rings. The predicted molar refractivity (Wildman–Crippen MR) is 118 cm³/mol. The summed E-state index contributed by atoms with van der Waals surface area (Å²) < 4.78 is 8.30. The molecule has 0 saturated carbocycles. The van der Waals surface area contributed by atoms with Crippen LogP contribution in [0, 0.1) is 0 Å². The summed E-state index contributed by atoms with van der Waals surface area (Å²) >= 11 is 11.6. The number of halogens is 2. The first-order valence-electron chi connectivity index (χ1n) is 8.83. The average molecular weight is 467 g/mol. The summed E-state index contributed by atoms with van der Waals surface area (Å²) in [4.78, 5) is 12.9. The predicted octanol–water partition coefficient (Wildman–Crippen LogP) is 6.79. The summed E-state index contributed by atoms with van der Waals surface area (Å²) in [6, 6.07) is 14.3. The van der Waals surface area contributed by atoms with E-state index in [1.165, 1.54) is 10.3 Å². The van der Waals surface area contributed by atoms with Crippen molar-refractivity contribution < 1.29 is 9.53 Å². The van der Waals surface area contributed by atoms with Crippen LogP contribution in [0.4, 0.5) is 0 Å². The number of hydrogen-bond donors (Lipinski definition) is 0. The number of carbonyl (C=O) groups excluding carboxylic acids is 1. The fourth-order valence-electron chi connectivity index (χ4n) is 3.22. The van der Waals surface area contributed by atoms with E-state index in [-0.39, 0.29) is 5.97 Å². The highest BCUT2D eigenvalue weighted by atomic mass is 79.9. The van der Waals surface area contributed by atoms with E-state index >= 15 is 0 Å². The molecule has 2 aromatic carbocycles. The first kappa shape index (κ1) is 20.3. The van der Waals surface area contributed by atoms with Crippen LogP contribution >= 0.6 is 39.3 Å². The van der Waals surface area contributed by atoms with Crippen LogP contribution in [0.2, 0.25) is 5.02 Å². The van der Waals surface area contributed by atoms with E-state index in [4.69, 9.17) is 16.3 Å². The molecule has 1 heterocycles. The van der Waals surface area contributed by atoms with Gasteiger partial charge in [-0.25, -0.2) is 0 Å². The second kappa shape index (κ2) is 9.18. The molecule has 3 aromatic rings. The topological polar surface area (TPSA) is 31.2 Å². The fourth-order valence-corrected chi connectivity index (χ4v) is 4.77. The van der Waals surface area contributed by atoms with Crippen LogP contribution in [0.5, 0.6) is 0 Å². The number of benzene rings is 2. The van der Waals surface area contributed by atoms with Gasteiger partial charge in [0.1, 0.15) is 0 Å². The number of ether oxygens (including phenoxy) is 1. The highest BCUT2D eigenvalue weighted by Crippen LogP contribution is 2.42. The molecule has 0 spiro atoms. The van der Waals surface area contributed by atoms with E-state index in [2.05, 4.69) is 45.0 Å². The minimum Gasteiger partial charge on any atom is -0.466 e. The number of nitrogens with zero attached hydrogens (tertiary/aromatic N) is 1. The van der Waals surface area contributed by atoms with Crippen molar-refractivity contribution in [3.05, 3.63) is 52.1 Å². The number of esters is 1. The molecule has 3 rings (SSSR count). The highest BCUT2D eigenvalue weighted by Gasteiger charge is 2.19. The van der Waals surface area contributed by atoms with Crippen molar-refractivity contribution in [2.75, 3.05) is 12.9 Å². The van der Waals surface area contributed by atoms with Gasteiger partial charge in [0.05, 0.1) is 16.7 Å². The second-order valence-electron chi connectivity index (χ2n) is 6.09. The molecule has 3 nitrogen and oxygen atoms in total. The lowest BCUT2D eigenvalue weighted by Crippen LogP contribution is -2.06. The quantitative estimate of drug-likeness (QED) is 0.284. The first-order chi connectivity index (χ1) is 13.1. The summed E-state index contributed by atoms with van der Waals surface area (Å²) in [7, 11) is 0. The molecule has 0 aliphatic heterocycles. The van der Waals surface area contributed by atoms with Crippen molar-refractivity contribution in [1.82, 2.24) is 4.57 Å². The average Bonchev–Trinajstić information content (AvgIpc) is 2.95. The Balaban J connectivity index is 2.05. The zero-order valence-corrected chi connectivity index (χ0v) is 18.5. The van der Waals surface area contributed by atoms with E-state index < -0.39 is 0 Å². The lowest BCUT2D eigenvalue weighted by molar-refractivity contribution is -0.143. The zero-order valence-electron chi connectivity index (χ0n) is 15.3. The van der Waals surface area contributed by atoms with Gasteiger partial charge in [-0.05, 0) is 65.4 Å². The molecule has 0 radical (unpaired) electrons. The van der Waals surface area contributed by atoms with Gasteiger partial charge in [0.25, 0.3) is 0 Å². The molecule has 0 amide bonds. The summed E-state index contributed by atoms with van der Waals surface area (Å²) in [5.41, 5.74) is 3.42. The Morgan fingerprint density at radius 3 is 2.63 bits per heavy atom. The Morgan fingerprint density at radius 1 is 1.22 bits per heavy atom. The molecule has 0 N–H and O–H groups in total. The van der Waals surface area contributed by atoms with Crippen molar-refractivity contribution in [2.24, 2.45) is 0 Å². The number of fused-ring (bicyclic) bond motifs is 1. The lowest BCUT2D eigenvalue weighted by atomic mass is 10.1. The van der Waals surface area contributed by atoms with Crippen molar-refractivity contribution >= 4 is 56.2 Å². The SMILES string of the molecule is CCOC(=O)CCCn1c(Br)c(-c2ccc(Cl)cc2)c2c(SC)cccc21. The Hall–Kier alpha value is -1.43. The van der Waals surface area contributed by atoms with Gasteiger partial charge < -0.3 is 9.30 Å². The van der Waals surface area contributed by atoms with Gasteiger partial charge in [0, 0.05) is 33.8 Å². The maximum absolute atomic E-state index is 11.7. The van der Waals surface area contributed by atoms with Gasteiger partial charge >= 0.3 is 5.97 Å². The number of hydrogen-bond acceptors (Lipinski definition) is 3. The van der Waals surface area contributed by atoms with Crippen molar-refractivity contribution in [3.8, 4) is 11.1 Å². The van der Waals surface area contributed by atoms with Crippen LogP contribution in [-0.4, -0.2) is 23.4 Å². The molecule has 0 aliphatic rings. The Labute approximate surface area is 177 Å². The molecule has 0 aliphatic carbocycles. The Bertz CT molecular complexity index is 953. The molecule has 142 valence electrons. The van der Waals surface area contributed by atoms with Gasteiger partial charge in [-0.15, -0.1) is 11.8 Å². The Kier molecular flexibility index (Phi) is 6.90. The molecule has 0 bridgehead atoms. The second-order valence-corrected chi connectivity index (χ2v) is 8.12. The fraction of sp³-hybridized carbons (Fsp3) is 0.286. The number of carbonyl (C=O) groups is 1. The van der Waals surface area contributed by atoms with Crippen molar-refractivity contribution in [2.45, 2.75) is 31.2 Å². The standard InChI is InChI=1S/C21H21BrClNO2S/c1-3-26-18(25)8-5-13-24-16-6-4-7-17(27-2)20(16)19(21(24)22)14-9-11-15(23)12-10-14/h4,6-7,9-12H,3,5,8,13H2,1-2H3. The van der Waals surface area contributed by atoms with Crippen LogP contribution in [0.25, 0.3) is 22.0 Å². The van der Waals surface area contributed by atoms with E-state index in [9.17, 15) is 4.79 Å². The van der Waals surface area contributed by atoms with Crippen LogP contribution < -0.4 is 0 Å². The monoisotopic (exact) mass is 465 g/mol. The van der Waals surface area contributed by atoms with Crippen LogP contribution in [0.15, 0.2) is 52.0 Å². The summed E-state index contributed by atoms with van der Waals surface area (Å²) in [5.74, 6) is -0.146. The van der Waals surface area contributed by atoms with E-state index in [0.29, 0.717) is 13.0 Å². The van der Waals surface area contributed by atoms with Crippen molar-refractivity contribution in [1.29, 1.82) is 0 Å². The van der Waals surface area contributed by atoms with Gasteiger partial charge in [-0.2, -0.15) is 0 Å². The third-order valence-electron chi connectivity index (χ3n) is 4.41. The molecular formula is C21H21BrClNO2S. The Morgan fingerprint density at radius 2 is 1.96 bits per heavy atom. The van der Waals surface area contributed by atoms with Crippen LogP contribution in [-0.2, 0) is 16.1 Å². The van der Waals surface area contributed by atoms with Gasteiger partial charge in [0.15, 0.2) is 0 Å². The number of rotatable bonds is 7. The zero-order chi connectivity index (χ0) is 19.4. The molecule has 1 aromatic heterocycles. The molecule has 0 saturated heterocycles. The van der Waals surface area contributed by atoms with E-state index in [0.717, 1.165) is 39.2 Å². The maximum Gasteiger partial charge on any atom is 0.305 e. The van der Waals surface area contributed by atoms with Gasteiger partial charge in [0.2, 0.25) is 0 Å². The van der Waals surface area contributed by atoms with Crippen LogP contribution in [0.3, 0.4) is 0 Å². The smallest absolute Gasteiger partial charge is 0.305 e. The maximum atomic E-state index is 11.7.